The Bertz CT molecular complexity index is 865. The van der Waals surface area contributed by atoms with Gasteiger partial charge in [0.15, 0.2) is 5.96 Å². The van der Waals surface area contributed by atoms with Crippen LogP contribution < -0.4 is 5.32 Å². The van der Waals surface area contributed by atoms with Gasteiger partial charge in [0.05, 0.1) is 18.4 Å². The molecular formula is C23H38IN7O. The number of halogens is 1. The zero-order valence-electron chi connectivity index (χ0n) is 19.9. The molecule has 0 radical (unpaired) electrons. The molecule has 9 heteroatoms. The van der Waals surface area contributed by atoms with E-state index < -0.39 is 0 Å². The molecule has 4 heterocycles. The third kappa shape index (κ3) is 6.24. The third-order valence-electron chi connectivity index (χ3n) is 6.66. The smallest absolute Gasteiger partial charge is 0.208 e. The van der Waals surface area contributed by atoms with Crippen LogP contribution in [0.5, 0.6) is 0 Å². The quantitative estimate of drug-likeness (QED) is 0.335. The first kappa shape index (κ1) is 25.0. The van der Waals surface area contributed by atoms with E-state index in [2.05, 4.69) is 38.3 Å². The molecule has 8 nitrogen and oxygen atoms in total. The molecular weight excluding hydrogens is 517 g/mol. The van der Waals surface area contributed by atoms with Gasteiger partial charge in [0.25, 0.3) is 0 Å². The van der Waals surface area contributed by atoms with Gasteiger partial charge in [-0.25, -0.2) is 4.98 Å². The maximum Gasteiger partial charge on any atom is 0.208 e. The Hall–Kier alpha value is -1.62. The summed E-state index contributed by atoms with van der Waals surface area (Å²) in [5.41, 5.74) is 2.34. The number of aliphatic imine (C=N–C) groups is 1. The number of nitrogens with one attached hydrogen (secondary N) is 1. The van der Waals surface area contributed by atoms with Crippen molar-refractivity contribution >= 4 is 29.9 Å². The van der Waals surface area contributed by atoms with E-state index in [4.69, 9.17) is 9.41 Å². The van der Waals surface area contributed by atoms with Crippen LogP contribution in [0.1, 0.15) is 55.0 Å². The number of nitrogens with zero attached hydrogens (tertiary/aromatic N) is 6. The minimum Gasteiger partial charge on any atom is -0.444 e. The second kappa shape index (κ2) is 11.5. The van der Waals surface area contributed by atoms with Crippen LogP contribution in [0.3, 0.4) is 0 Å². The zero-order chi connectivity index (χ0) is 21.8. The molecule has 0 aromatic carbocycles. The number of hydrogen-bond acceptors (Lipinski definition) is 5. The van der Waals surface area contributed by atoms with Gasteiger partial charge in [0.1, 0.15) is 5.76 Å². The van der Waals surface area contributed by atoms with Crippen molar-refractivity contribution in [3.8, 4) is 0 Å². The van der Waals surface area contributed by atoms with Gasteiger partial charge in [-0.1, -0.05) is 0 Å². The maximum absolute atomic E-state index is 5.75. The van der Waals surface area contributed by atoms with Gasteiger partial charge in [-0.3, -0.25) is 14.6 Å². The topological polar surface area (TPSA) is 74.7 Å². The first-order chi connectivity index (χ1) is 15.0. The first-order valence-corrected chi connectivity index (χ1v) is 11.7. The number of likely N-dealkylation sites (tertiary alicyclic amines) is 2. The molecule has 2 fully saturated rings. The number of aryl methyl sites for hydroxylation is 3. The van der Waals surface area contributed by atoms with Crippen LogP contribution in [-0.4, -0.2) is 69.8 Å². The monoisotopic (exact) mass is 555 g/mol. The number of hydrogen-bond donors (Lipinski definition) is 1. The third-order valence-corrected chi connectivity index (χ3v) is 6.66. The number of guanidine groups is 1. The molecule has 0 bridgehead atoms. The van der Waals surface area contributed by atoms with Crippen LogP contribution in [-0.2, 0) is 13.6 Å². The highest BCUT2D eigenvalue weighted by atomic mass is 127. The lowest BCUT2D eigenvalue weighted by Crippen LogP contribution is -2.40. The molecule has 32 heavy (non-hydrogen) atoms. The summed E-state index contributed by atoms with van der Waals surface area (Å²) in [6.45, 7) is 13.0. The normalized spacial score (nSPS) is 20.6. The van der Waals surface area contributed by atoms with Crippen molar-refractivity contribution in [3.63, 3.8) is 0 Å². The van der Waals surface area contributed by atoms with E-state index in [0.717, 1.165) is 75.5 Å². The molecule has 2 aromatic rings. The summed E-state index contributed by atoms with van der Waals surface area (Å²) in [5.74, 6) is 4.04. The SMILES string of the molecule is CCNC(=NCC1CCN(Cc2nc(C)c(C)o2)CC1)N1CCC(c2cnn(C)c2)C1.I. The summed E-state index contributed by atoms with van der Waals surface area (Å²) < 4.78 is 7.65. The molecule has 0 saturated carbocycles. The fourth-order valence-corrected chi connectivity index (χ4v) is 4.64. The van der Waals surface area contributed by atoms with Gasteiger partial charge in [-0.2, -0.15) is 5.10 Å². The van der Waals surface area contributed by atoms with Crippen LogP contribution in [0.4, 0.5) is 0 Å². The van der Waals surface area contributed by atoms with E-state index in [1.54, 1.807) is 0 Å². The predicted molar refractivity (Wildman–Crippen MR) is 138 cm³/mol. The number of rotatable bonds is 6. The number of aromatic nitrogens is 3. The lowest BCUT2D eigenvalue weighted by Gasteiger charge is -2.30. The average molecular weight is 556 g/mol. The summed E-state index contributed by atoms with van der Waals surface area (Å²) in [4.78, 5) is 14.4. The molecule has 0 aliphatic carbocycles. The van der Waals surface area contributed by atoms with Crippen molar-refractivity contribution in [1.82, 2.24) is 29.9 Å². The fourth-order valence-electron chi connectivity index (χ4n) is 4.64. The Kier molecular flexibility index (Phi) is 8.98. The highest BCUT2D eigenvalue weighted by Crippen LogP contribution is 2.27. The van der Waals surface area contributed by atoms with Crippen LogP contribution in [0.15, 0.2) is 21.8 Å². The zero-order valence-corrected chi connectivity index (χ0v) is 22.2. The van der Waals surface area contributed by atoms with Crippen LogP contribution in [0, 0.1) is 19.8 Å². The minimum absolute atomic E-state index is 0. The standard InChI is InChI=1S/C23H37N7O.HI/c1-5-24-23(30-11-8-20(15-30)21-13-26-28(4)14-21)25-12-19-6-9-29(10-7-19)16-22-27-17(2)18(3)31-22;/h13-14,19-20H,5-12,15-16H2,1-4H3,(H,24,25);1H. The van der Waals surface area contributed by atoms with Crippen molar-refractivity contribution < 1.29 is 4.42 Å². The Morgan fingerprint density at radius 2 is 2.00 bits per heavy atom. The minimum atomic E-state index is 0. The summed E-state index contributed by atoms with van der Waals surface area (Å²) in [6, 6.07) is 0. The molecule has 1 N–H and O–H groups in total. The van der Waals surface area contributed by atoms with Gasteiger partial charge in [0, 0.05) is 45.3 Å². The fraction of sp³-hybridized carbons (Fsp3) is 0.696. The lowest BCUT2D eigenvalue weighted by molar-refractivity contribution is 0.166. The molecule has 178 valence electrons. The van der Waals surface area contributed by atoms with E-state index in [1.165, 1.54) is 18.4 Å². The Balaban J connectivity index is 0.00000289. The maximum atomic E-state index is 5.75. The average Bonchev–Trinajstić information content (AvgIpc) is 3.47. The molecule has 4 rings (SSSR count). The molecule has 1 atom stereocenters. The van der Waals surface area contributed by atoms with Crippen molar-refractivity contribution in [2.75, 3.05) is 39.3 Å². The van der Waals surface area contributed by atoms with Crippen molar-refractivity contribution in [1.29, 1.82) is 0 Å². The molecule has 2 aromatic heterocycles. The highest BCUT2D eigenvalue weighted by molar-refractivity contribution is 14.0. The van der Waals surface area contributed by atoms with Gasteiger partial charge < -0.3 is 14.6 Å². The largest absolute Gasteiger partial charge is 0.444 e. The number of oxazole rings is 1. The molecule has 2 aliphatic heterocycles. The number of piperidine rings is 1. The second-order valence-corrected chi connectivity index (χ2v) is 9.04. The highest BCUT2D eigenvalue weighted by Gasteiger charge is 2.27. The van der Waals surface area contributed by atoms with Crippen LogP contribution in [0.2, 0.25) is 0 Å². The molecule has 0 amide bonds. The predicted octanol–water partition coefficient (Wildman–Crippen LogP) is 3.31. The van der Waals surface area contributed by atoms with Gasteiger partial charge in [-0.05, 0) is 64.6 Å². The van der Waals surface area contributed by atoms with Crippen molar-refractivity contribution in [2.24, 2.45) is 18.0 Å². The van der Waals surface area contributed by atoms with Gasteiger partial charge >= 0.3 is 0 Å². The summed E-state index contributed by atoms with van der Waals surface area (Å²) in [6.07, 6.45) is 7.67. The Morgan fingerprint density at radius 3 is 2.62 bits per heavy atom. The molecule has 2 aliphatic rings. The van der Waals surface area contributed by atoms with Crippen molar-refractivity contribution in [2.45, 2.75) is 52.5 Å². The van der Waals surface area contributed by atoms with E-state index >= 15 is 0 Å². The molecule has 1 unspecified atom stereocenters. The molecule has 2 saturated heterocycles. The Morgan fingerprint density at radius 1 is 1.22 bits per heavy atom. The van der Waals surface area contributed by atoms with E-state index in [0.29, 0.717) is 11.8 Å². The van der Waals surface area contributed by atoms with Gasteiger partial charge in [-0.15, -0.1) is 24.0 Å². The van der Waals surface area contributed by atoms with E-state index in [-0.39, 0.29) is 24.0 Å². The van der Waals surface area contributed by atoms with Gasteiger partial charge in [0.2, 0.25) is 5.89 Å². The lowest BCUT2D eigenvalue weighted by atomic mass is 9.97. The van der Waals surface area contributed by atoms with E-state index in [9.17, 15) is 0 Å². The van der Waals surface area contributed by atoms with E-state index in [1.807, 2.05) is 31.8 Å². The Labute approximate surface area is 208 Å². The summed E-state index contributed by atoms with van der Waals surface area (Å²) >= 11 is 0. The summed E-state index contributed by atoms with van der Waals surface area (Å²) in [5, 5.41) is 7.86. The second-order valence-electron chi connectivity index (χ2n) is 9.04. The molecule has 0 spiro atoms. The summed E-state index contributed by atoms with van der Waals surface area (Å²) in [7, 11) is 1.99. The van der Waals surface area contributed by atoms with Crippen LogP contribution >= 0.6 is 24.0 Å². The first-order valence-electron chi connectivity index (χ1n) is 11.7. The van der Waals surface area contributed by atoms with Crippen molar-refractivity contribution in [3.05, 3.63) is 35.3 Å². The van der Waals surface area contributed by atoms with Crippen LogP contribution in [0.25, 0.3) is 0 Å².